The first-order chi connectivity index (χ1) is 14.7. The van der Waals surface area contributed by atoms with E-state index in [1.807, 2.05) is 24.3 Å². The van der Waals surface area contributed by atoms with Crippen molar-refractivity contribution in [2.24, 2.45) is 0 Å². The minimum Gasteiger partial charge on any atom is -0.356 e. The van der Waals surface area contributed by atoms with E-state index in [0.29, 0.717) is 35.9 Å². The van der Waals surface area contributed by atoms with Crippen molar-refractivity contribution >= 4 is 39.3 Å². The summed E-state index contributed by atoms with van der Waals surface area (Å²) in [6.07, 6.45) is 5.19. The summed E-state index contributed by atoms with van der Waals surface area (Å²) in [6.45, 7) is 1.03. The molecule has 150 valence electrons. The van der Waals surface area contributed by atoms with Gasteiger partial charge in [0, 0.05) is 35.6 Å². The molecule has 2 amide bonds. The molecule has 0 aliphatic carbocycles. The van der Waals surface area contributed by atoms with Crippen LogP contribution >= 0.6 is 11.3 Å². The van der Waals surface area contributed by atoms with Crippen LogP contribution in [0.5, 0.6) is 0 Å². The minimum absolute atomic E-state index is 0.0155. The number of carbonyl (C=O) groups is 2. The van der Waals surface area contributed by atoms with Crippen LogP contribution in [0.1, 0.15) is 26.8 Å². The largest absolute Gasteiger partial charge is 0.356 e. The molecular weight excluding hydrogens is 404 g/mol. The Hall–Kier alpha value is -3.66. The third-order valence-electron chi connectivity index (χ3n) is 4.87. The molecule has 0 atom stereocenters. The number of fused-ring (bicyclic) bond motifs is 2. The number of anilines is 1. The molecule has 0 unspecified atom stereocenters. The fraction of sp³-hybridized carbons (Fsp3) is 0.200. The van der Waals surface area contributed by atoms with Crippen molar-refractivity contribution in [2.75, 3.05) is 11.9 Å². The van der Waals surface area contributed by atoms with Crippen LogP contribution in [0.15, 0.2) is 47.4 Å². The van der Waals surface area contributed by atoms with Gasteiger partial charge in [-0.1, -0.05) is 28.6 Å². The van der Waals surface area contributed by atoms with E-state index in [9.17, 15) is 9.59 Å². The maximum atomic E-state index is 12.8. The number of benzene rings is 1. The van der Waals surface area contributed by atoms with Gasteiger partial charge in [-0.3, -0.25) is 19.9 Å². The van der Waals surface area contributed by atoms with Crippen molar-refractivity contribution in [1.82, 2.24) is 25.0 Å². The number of aromatic nitrogens is 4. The summed E-state index contributed by atoms with van der Waals surface area (Å²) >= 11 is 1.37. The normalized spacial score (nSPS) is 13.3. The third kappa shape index (κ3) is 3.52. The number of thiazole rings is 1. The highest BCUT2D eigenvalue weighted by Gasteiger charge is 2.26. The monoisotopic (exact) mass is 420 g/mol. The van der Waals surface area contributed by atoms with Crippen molar-refractivity contribution in [3.8, 4) is 0 Å². The standard InChI is InChI=1S/C20H16N6O3S/c27-18(9-14-12-3-1-2-4-16(12)29-25-14)26-8-5-13-17(11-26)30-20(23-13)24-19(28)15-10-21-6-7-22-15/h1-4,6-7,10H,5,8-9,11H2,(H,23,24,28). The molecule has 1 aromatic carbocycles. The van der Waals surface area contributed by atoms with Crippen molar-refractivity contribution in [1.29, 1.82) is 0 Å². The lowest BCUT2D eigenvalue weighted by Crippen LogP contribution is -2.36. The molecule has 3 aromatic heterocycles. The minimum atomic E-state index is -0.361. The first-order valence-corrected chi connectivity index (χ1v) is 10.2. The van der Waals surface area contributed by atoms with Gasteiger partial charge < -0.3 is 9.42 Å². The number of hydrogen-bond donors (Lipinski definition) is 1. The Morgan fingerprint density at radius 3 is 3.00 bits per heavy atom. The smallest absolute Gasteiger partial charge is 0.277 e. The molecule has 10 heteroatoms. The number of nitrogens with zero attached hydrogens (tertiary/aromatic N) is 5. The molecule has 4 heterocycles. The van der Waals surface area contributed by atoms with Gasteiger partial charge in [-0.05, 0) is 12.1 Å². The molecule has 30 heavy (non-hydrogen) atoms. The highest BCUT2D eigenvalue weighted by atomic mass is 32.1. The molecule has 0 saturated carbocycles. The van der Waals surface area contributed by atoms with Gasteiger partial charge in [0.05, 0.1) is 24.9 Å². The van der Waals surface area contributed by atoms with E-state index in [1.165, 1.54) is 29.9 Å². The SMILES string of the molecule is O=C(Nc1nc2c(s1)CN(C(=O)Cc1noc3ccccc13)CC2)c1cnccn1. The van der Waals surface area contributed by atoms with Gasteiger partial charge >= 0.3 is 0 Å². The zero-order valence-electron chi connectivity index (χ0n) is 15.7. The molecule has 0 fully saturated rings. The van der Waals surface area contributed by atoms with Gasteiger partial charge in [-0.2, -0.15) is 0 Å². The number of nitrogens with one attached hydrogen (secondary N) is 1. The molecule has 0 radical (unpaired) electrons. The Morgan fingerprint density at radius 1 is 1.23 bits per heavy atom. The summed E-state index contributed by atoms with van der Waals surface area (Å²) in [5.41, 5.74) is 2.45. The maximum Gasteiger partial charge on any atom is 0.277 e. The van der Waals surface area contributed by atoms with Gasteiger partial charge in [0.1, 0.15) is 11.4 Å². The van der Waals surface area contributed by atoms with Crippen LogP contribution in [0.25, 0.3) is 11.0 Å². The highest BCUT2D eigenvalue weighted by Crippen LogP contribution is 2.29. The van der Waals surface area contributed by atoms with Crippen LogP contribution < -0.4 is 5.32 Å². The zero-order valence-corrected chi connectivity index (χ0v) is 16.6. The Kier molecular flexibility index (Phi) is 4.68. The van der Waals surface area contributed by atoms with E-state index in [4.69, 9.17) is 4.52 Å². The van der Waals surface area contributed by atoms with Crippen molar-refractivity contribution < 1.29 is 14.1 Å². The fourth-order valence-corrected chi connectivity index (χ4v) is 4.38. The summed E-state index contributed by atoms with van der Waals surface area (Å²) in [7, 11) is 0. The predicted octanol–water partition coefficient (Wildman–Crippen LogP) is 2.45. The molecule has 0 saturated heterocycles. The van der Waals surface area contributed by atoms with Crippen molar-refractivity contribution in [3.63, 3.8) is 0 Å². The van der Waals surface area contributed by atoms with E-state index in [2.05, 4.69) is 25.4 Å². The lowest BCUT2D eigenvalue weighted by Gasteiger charge is -2.25. The lowest BCUT2D eigenvalue weighted by atomic mass is 10.1. The molecule has 1 aliphatic heterocycles. The summed E-state index contributed by atoms with van der Waals surface area (Å²) in [5, 5.41) is 8.16. The summed E-state index contributed by atoms with van der Waals surface area (Å²) in [6, 6.07) is 7.50. The van der Waals surface area contributed by atoms with Crippen LogP contribution in [-0.2, 0) is 24.2 Å². The number of rotatable bonds is 4. The lowest BCUT2D eigenvalue weighted by molar-refractivity contribution is -0.131. The zero-order chi connectivity index (χ0) is 20.5. The Balaban J connectivity index is 1.27. The molecule has 5 rings (SSSR count). The van der Waals surface area contributed by atoms with Gasteiger partial charge in [0.2, 0.25) is 5.91 Å². The second-order valence-electron chi connectivity index (χ2n) is 6.80. The van der Waals surface area contributed by atoms with E-state index >= 15 is 0 Å². The maximum absolute atomic E-state index is 12.8. The van der Waals surface area contributed by atoms with Crippen LogP contribution in [0.4, 0.5) is 5.13 Å². The predicted molar refractivity (Wildman–Crippen MR) is 109 cm³/mol. The molecule has 1 aliphatic rings. The Bertz CT molecular complexity index is 1240. The molecule has 4 aromatic rings. The van der Waals surface area contributed by atoms with Crippen LogP contribution in [0, 0.1) is 0 Å². The van der Waals surface area contributed by atoms with Gasteiger partial charge in [0.25, 0.3) is 5.91 Å². The molecule has 1 N–H and O–H groups in total. The first-order valence-electron chi connectivity index (χ1n) is 9.34. The number of carbonyl (C=O) groups excluding carboxylic acids is 2. The second-order valence-corrected chi connectivity index (χ2v) is 7.88. The molecule has 0 spiro atoms. The second kappa shape index (κ2) is 7.64. The number of amides is 2. The fourth-order valence-electron chi connectivity index (χ4n) is 3.36. The average molecular weight is 420 g/mol. The quantitative estimate of drug-likeness (QED) is 0.539. The summed E-state index contributed by atoms with van der Waals surface area (Å²) in [5.74, 6) is -0.377. The number of para-hydroxylation sites is 1. The van der Waals surface area contributed by atoms with Gasteiger partial charge in [-0.25, -0.2) is 9.97 Å². The highest BCUT2D eigenvalue weighted by molar-refractivity contribution is 7.15. The van der Waals surface area contributed by atoms with Crippen molar-refractivity contribution in [3.05, 3.63) is 64.8 Å². The summed E-state index contributed by atoms with van der Waals surface area (Å²) < 4.78 is 5.29. The Morgan fingerprint density at radius 2 is 2.13 bits per heavy atom. The topological polar surface area (TPSA) is 114 Å². The van der Waals surface area contributed by atoms with Crippen LogP contribution in [0.3, 0.4) is 0 Å². The van der Waals surface area contributed by atoms with Crippen LogP contribution in [-0.4, -0.2) is 43.4 Å². The molecular formula is C20H16N6O3S. The average Bonchev–Trinajstić information content (AvgIpc) is 3.37. The van der Waals surface area contributed by atoms with E-state index < -0.39 is 0 Å². The Labute approximate surface area is 174 Å². The van der Waals surface area contributed by atoms with Gasteiger partial charge in [-0.15, -0.1) is 0 Å². The third-order valence-corrected chi connectivity index (χ3v) is 5.87. The van der Waals surface area contributed by atoms with E-state index in [0.717, 1.165) is 16.0 Å². The summed E-state index contributed by atoms with van der Waals surface area (Å²) in [4.78, 5) is 40.2. The van der Waals surface area contributed by atoms with Crippen molar-refractivity contribution in [2.45, 2.75) is 19.4 Å². The first kappa shape index (κ1) is 18.4. The van der Waals surface area contributed by atoms with E-state index in [-0.39, 0.29) is 23.9 Å². The molecule has 0 bridgehead atoms. The van der Waals surface area contributed by atoms with Crippen LogP contribution in [0.2, 0.25) is 0 Å². The van der Waals surface area contributed by atoms with E-state index in [1.54, 1.807) is 4.90 Å². The number of hydrogen-bond acceptors (Lipinski definition) is 8. The van der Waals surface area contributed by atoms with Gasteiger partial charge in [0.15, 0.2) is 10.7 Å². The molecule has 9 nitrogen and oxygen atoms in total.